The van der Waals surface area contributed by atoms with Crippen LogP contribution in [0.3, 0.4) is 0 Å². The van der Waals surface area contributed by atoms with Crippen molar-refractivity contribution in [2.75, 3.05) is 25.0 Å². The molecule has 0 radical (unpaired) electrons. The molecule has 0 bridgehead atoms. The molecule has 2 unspecified atom stereocenters. The van der Waals surface area contributed by atoms with Gasteiger partial charge in [0.1, 0.15) is 4.88 Å². The summed E-state index contributed by atoms with van der Waals surface area (Å²) in [5, 5.41) is 10.9. The molecule has 1 aliphatic rings. The number of nitrogens with zero attached hydrogens (tertiary/aromatic N) is 2. The third kappa shape index (κ3) is 2.45. The molecule has 1 saturated heterocycles. The van der Waals surface area contributed by atoms with Gasteiger partial charge in [-0.05, 0) is 27.0 Å². The molecule has 4 nitrogen and oxygen atoms in total. The van der Waals surface area contributed by atoms with Crippen molar-refractivity contribution in [3.05, 3.63) is 16.3 Å². The third-order valence-corrected chi connectivity index (χ3v) is 4.43. The van der Waals surface area contributed by atoms with E-state index in [1.165, 1.54) is 11.3 Å². The number of anilines is 1. The average Bonchev–Trinajstić information content (AvgIpc) is 2.74. The molecule has 94 valence electrons. The predicted molar refractivity (Wildman–Crippen MR) is 70.2 cm³/mol. The monoisotopic (exact) mass is 254 g/mol. The summed E-state index contributed by atoms with van der Waals surface area (Å²) < 4.78 is 0. The van der Waals surface area contributed by atoms with Crippen molar-refractivity contribution < 1.29 is 9.90 Å². The lowest BCUT2D eigenvalue weighted by Gasteiger charge is -2.43. The van der Waals surface area contributed by atoms with Gasteiger partial charge < -0.3 is 10.0 Å². The minimum absolute atomic E-state index is 0.416. The van der Waals surface area contributed by atoms with Crippen molar-refractivity contribution in [1.29, 1.82) is 0 Å². The summed E-state index contributed by atoms with van der Waals surface area (Å²) in [5.74, 6) is -0.837. The molecular weight excluding hydrogens is 236 g/mol. The molecule has 2 rings (SSSR count). The number of carbonyl (C=O) groups is 1. The molecule has 0 aromatic carbocycles. The first-order chi connectivity index (χ1) is 7.99. The zero-order valence-corrected chi connectivity index (χ0v) is 11.2. The topological polar surface area (TPSA) is 43.8 Å². The number of hydrogen-bond donors (Lipinski definition) is 1. The summed E-state index contributed by atoms with van der Waals surface area (Å²) in [6.07, 6.45) is 0. The first kappa shape index (κ1) is 12.4. The van der Waals surface area contributed by atoms with E-state index in [1.54, 1.807) is 6.07 Å². The summed E-state index contributed by atoms with van der Waals surface area (Å²) in [6, 6.07) is 2.76. The van der Waals surface area contributed by atoms with Crippen LogP contribution in [-0.4, -0.2) is 48.2 Å². The highest BCUT2D eigenvalue weighted by atomic mass is 32.1. The zero-order chi connectivity index (χ0) is 12.6. The lowest BCUT2D eigenvalue weighted by Crippen LogP contribution is -2.55. The second-order valence-corrected chi connectivity index (χ2v) is 5.65. The molecule has 5 heteroatoms. The van der Waals surface area contributed by atoms with Gasteiger partial charge in [-0.25, -0.2) is 4.79 Å². The van der Waals surface area contributed by atoms with Gasteiger partial charge in [0.25, 0.3) is 0 Å². The lowest BCUT2D eigenvalue weighted by atomic mass is 10.1. The van der Waals surface area contributed by atoms with E-state index in [0.29, 0.717) is 17.0 Å². The van der Waals surface area contributed by atoms with E-state index in [2.05, 4.69) is 30.7 Å². The number of carboxylic acids is 1. The average molecular weight is 254 g/mol. The summed E-state index contributed by atoms with van der Waals surface area (Å²) in [5.41, 5.74) is 1.04. The van der Waals surface area contributed by atoms with Gasteiger partial charge in [0.2, 0.25) is 0 Å². The van der Waals surface area contributed by atoms with Gasteiger partial charge in [-0.2, -0.15) is 0 Å². The molecule has 0 amide bonds. The maximum atomic E-state index is 10.9. The van der Waals surface area contributed by atoms with Gasteiger partial charge in [-0.1, -0.05) is 0 Å². The van der Waals surface area contributed by atoms with Crippen LogP contribution in [0.1, 0.15) is 23.5 Å². The first-order valence-electron chi connectivity index (χ1n) is 5.77. The Kier molecular flexibility index (Phi) is 3.40. The second kappa shape index (κ2) is 4.66. The van der Waals surface area contributed by atoms with Crippen LogP contribution in [-0.2, 0) is 0 Å². The summed E-state index contributed by atoms with van der Waals surface area (Å²) in [6.45, 7) is 6.31. The van der Waals surface area contributed by atoms with Crippen LogP contribution in [0, 0.1) is 0 Å². The van der Waals surface area contributed by atoms with Crippen molar-refractivity contribution in [3.63, 3.8) is 0 Å². The number of aromatic carboxylic acids is 1. The Morgan fingerprint density at radius 3 is 2.47 bits per heavy atom. The molecule has 2 atom stereocenters. The third-order valence-electron chi connectivity index (χ3n) is 3.52. The SMILES string of the molecule is CC1CN(c2csc(C(=O)O)c2)CC(C)N1C. The molecule has 0 saturated carbocycles. The first-order valence-corrected chi connectivity index (χ1v) is 6.65. The van der Waals surface area contributed by atoms with Crippen molar-refractivity contribution in [2.45, 2.75) is 25.9 Å². The fourth-order valence-electron chi connectivity index (χ4n) is 2.22. The predicted octanol–water partition coefficient (Wildman–Crippen LogP) is 1.98. The van der Waals surface area contributed by atoms with Crippen LogP contribution in [0.2, 0.25) is 0 Å². The van der Waals surface area contributed by atoms with Crippen LogP contribution < -0.4 is 4.90 Å². The molecule has 2 heterocycles. The number of hydrogen-bond acceptors (Lipinski definition) is 4. The van der Waals surface area contributed by atoms with Gasteiger partial charge in [-0.15, -0.1) is 11.3 Å². The van der Waals surface area contributed by atoms with Gasteiger partial charge >= 0.3 is 5.97 Å². The zero-order valence-electron chi connectivity index (χ0n) is 10.4. The molecule has 17 heavy (non-hydrogen) atoms. The van der Waals surface area contributed by atoms with Crippen molar-refractivity contribution >= 4 is 23.0 Å². The van der Waals surface area contributed by atoms with Crippen LogP contribution in [0.4, 0.5) is 5.69 Å². The van der Waals surface area contributed by atoms with Gasteiger partial charge in [0.15, 0.2) is 0 Å². The Balaban J connectivity index is 2.14. The van der Waals surface area contributed by atoms with Crippen LogP contribution in [0.15, 0.2) is 11.4 Å². The fraction of sp³-hybridized carbons (Fsp3) is 0.583. The maximum Gasteiger partial charge on any atom is 0.345 e. The Hall–Kier alpha value is -1.07. The Morgan fingerprint density at radius 2 is 2.00 bits per heavy atom. The van der Waals surface area contributed by atoms with Crippen molar-refractivity contribution in [3.8, 4) is 0 Å². The van der Waals surface area contributed by atoms with Crippen molar-refractivity contribution in [2.24, 2.45) is 0 Å². The van der Waals surface area contributed by atoms with E-state index in [0.717, 1.165) is 18.8 Å². The van der Waals surface area contributed by atoms with Crippen molar-refractivity contribution in [1.82, 2.24) is 4.90 Å². The van der Waals surface area contributed by atoms with Gasteiger partial charge in [0, 0.05) is 36.2 Å². The number of thiophene rings is 1. The molecule has 1 aromatic heterocycles. The molecule has 1 fully saturated rings. The highest BCUT2D eigenvalue weighted by Crippen LogP contribution is 2.26. The van der Waals surface area contributed by atoms with E-state index >= 15 is 0 Å². The Bertz CT molecular complexity index is 406. The normalized spacial score (nSPS) is 26.2. The minimum Gasteiger partial charge on any atom is -0.477 e. The number of likely N-dealkylation sites (N-methyl/N-ethyl adjacent to an activating group) is 1. The molecule has 0 aliphatic carbocycles. The minimum atomic E-state index is -0.837. The van der Waals surface area contributed by atoms with Crippen LogP contribution in [0.5, 0.6) is 0 Å². The number of piperazine rings is 1. The Morgan fingerprint density at radius 1 is 1.41 bits per heavy atom. The van der Waals surface area contributed by atoms with E-state index in [4.69, 9.17) is 5.11 Å². The van der Waals surface area contributed by atoms with E-state index in [9.17, 15) is 4.79 Å². The highest BCUT2D eigenvalue weighted by Gasteiger charge is 2.27. The van der Waals surface area contributed by atoms with E-state index < -0.39 is 5.97 Å². The van der Waals surface area contributed by atoms with Gasteiger partial charge in [0.05, 0.1) is 0 Å². The standard InChI is InChI=1S/C12H18N2O2S/c1-8-5-14(6-9(2)13(8)3)10-4-11(12(15)16)17-7-10/h4,7-9H,5-6H2,1-3H3,(H,15,16). The number of rotatable bonds is 2. The van der Waals surface area contributed by atoms with Gasteiger partial charge in [-0.3, -0.25) is 4.90 Å². The molecule has 1 aromatic rings. The van der Waals surface area contributed by atoms with E-state index in [-0.39, 0.29) is 0 Å². The van der Waals surface area contributed by atoms with Crippen LogP contribution in [0.25, 0.3) is 0 Å². The summed E-state index contributed by atoms with van der Waals surface area (Å²) in [7, 11) is 2.14. The van der Waals surface area contributed by atoms with Crippen LogP contribution >= 0.6 is 11.3 Å². The molecular formula is C12H18N2O2S. The lowest BCUT2D eigenvalue weighted by molar-refractivity contribution is 0.0702. The molecule has 1 N–H and O–H groups in total. The smallest absolute Gasteiger partial charge is 0.345 e. The Labute approximate surface area is 105 Å². The number of carboxylic acid groups (broad SMARTS) is 1. The van der Waals surface area contributed by atoms with E-state index in [1.807, 2.05) is 5.38 Å². The molecule has 1 aliphatic heterocycles. The quantitative estimate of drug-likeness (QED) is 0.876. The second-order valence-electron chi connectivity index (χ2n) is 4.74. The molecule has 0 spiro atoms. The fourth-order valence-corrected chi connectivity index (χ4v) is 2.97. The maximum absolute atomic E-state index is 10.9. The largest absolute Gasteiger partial charge is 0.477 e. The highest BCUT2D eigenvalue weighted by molar-refractivity contribution is 7.12. The summed E-state index contributed by atoms with van der Waals surface area (Å²) >= 11 is 1.30. The summed E-state index contributed by atoms with van der Waals surface area (Å²) in [4.78, 5) is 15.9.